The standard InChI is InChI=1S/C28H33NO6S/c1-15(2)34-28(33)22-19(18-10-8-17(9-11-18)16-6-4-3-5-7-16)14-36-26(22)29-25(30)23-20-12-13-21(35-20)24(23)27(31)32/h8-11,14-16,20-21,23-24H,3-7,12-13H2,1-2H3,(H,29,30)(H,31,32)/t20-,21-,23-,24+/m1/s1. The lowest BCUT2D eigenvalue weighted by Gasteiger charge is -2.24. The van der Waals surface area contributed by atoms with Crippen LogP contribution in [0.15, 0.2) is 29.6 Å². The molecule has 1 amide bonds. The first-order valence-corrected chi connectivity index (χ1v) is 13.8. The summed E-state index contributed by atoms with van der Waals surface area (Å²) in [6, 6.07) is 8.35. The molecule has 1 aliphatic carbocycles. The number of amides is 1. The molecule has 2 bridgehead atoms. The SMILES string of the molecule is CC(C)OC(=O)c1c(-c2ccc(C3CCCCC3)cc2)csc1NC(=O)[C@H]1[C@@H](C(=O)O)[C@H]2CC[C@H]1O2. The van der Waals surface area contributed by atoms with Gasteiger partial charge in [-0.2, -0.15) is 0 Å². The molecule has 1 aromatic heterocycles. The first-order valence-electron chi connectivity index (χ1n) is 13.0. The van der Waals surface area contributed by atoms with Crippen LogP contribution in [0.4, 0.5) is 5.00 Å². The summed E-state index contributed by atoms with van der Waals surface area (Å²) in [5.41, 5.74) is 3.22. The van der Waals surface area contributed by atoms with Crippen LogP contribution in [0, 0.1) is 11.8 Å². The van der Waals surface area contributed by atoms with Gasteiger partial charge in [0.25, 0.3) is 0 Å². The maximum Gasteiger partial charge on any atom is 0.342 e. The topological polar surface area (TPSA) is 102 Å². The maximum atomic E-state index is 13.3. The van der Waals surface area contributed by atoms with E-state index in [1.807, 2.05) is 17.5 Å². The smallest absolute Gasteiger partial charge is 0.342 e. The van der Waals surface area contributed by atoms with Crippen LogP contribution in [0.5, 0.6) is 0 Å². The molecule has 8 heteroatoms. The zero-order chi connectivity index (χ0) is 25.4. The van der Waals surface area contributed by atoms with Crippen molar-refractivity contribution in [1.29, 1.82) is 0 Å². The third kappa shape index (κ3) is 4.81. The van der Waals surface area contributed by atoms with Gasteiger partial charge >= 0.3 is 11.9 Å². The number of carbonyl (C=O) groups excluding carboxylic acids is 2. The number of carboxylic acid groups (broad SMARTS) is 1. The summed E-state index contributed by atoms with van der Waals surface area (Å²) >= 11 is 1.25. The Kier molecular flexibility index (Phi) is 7.17. The summed E-state index contributed by atoms with van der Waals surface area (Å²) in [5.74, 6) is -3.02. The minimum absolute atomic E-state index is 0.309. The lowest BCUT2D eigenvalue weighted by Crippen LogP contribution is -2.41. The Balaban J connectivity index is 1.42. The van der Waals surface area contributed by atoms with Crippen LogP contribution < -0.4 is 5.32 Å². The van der Waals surface area contributed by atoms with Crippen LogP contribution in [0.25, 0.3) is 11.1 Å². The molecule has 2 saturated heterocycles. The molecule has 192 valence electrons. The number of anilines is 1. The van der Waals surface area contributed by atoms with Crippen molar-refractivity contribution in [3.8, 4) is 11.1 Å². The number of rotatable bonds is 7. The molecule has 0 spiro atoms. The molecular weight excluding hydrogens is 478 g/mol. The second-order valence-electron chi connectivity index (χ2n) is 10.4. The van der Waals surface area contributed by atoms with E-state index < -0.39 is 41.9 Å². The highest BCUT2D eigenvalue weighted by Crippen LogP contribution is 2.45. The Bertz CT molecular complexity index is 1130. The number of carboxylic acids is 1. The van der Waals surface area contributed by atoms with Gasteiger partial charge in [-0.25, -0.2) is 4.79 Å². The number of carbonyl (C=O) groups is 3. The fourth-order valence-corrected chi connectivity index (χ4v) is 6.99. The zero-order valence-electron chi connectivity index (χ0n) is 20.7. The third-order valence-corrected chi connectivity index (χ3v) is 8.63. The quantitative estimate of drug-likeness (QED) is 0.453. The number of benzene rings is 1. The lowest BCUT2D eigenvalue weighted by atomic mass is 9.78. The summed E-state index contributed by atoms with van der Waals surface area (Å²) in [4.78, 5) is 38.3. The Morgan fingerprint density at radius 2 is 1.67 bits per heavy atom. The van der Waals surface area contributed by atoms with Gasteiger partial charge in [0, 0.05) is 10.9 Å². The van der Waals surface area contributed by atoms with E-state index in [9.17, 15) is 19.5 Å². The molecule has 0 unspecified atom stereocenters. The van der Waals surface area contributed by atoms with Crippen LogP contribution in [0.2, 0.25) is 0 Å². The van der Waals surface area contributed by atoms with Crippen molar-refractivity contribution in [2.75, 3.05) is 5.32 Å². The number of thiophene rings is 1. The molecule has 4 atom stereocenters. The van der Waals surface area contributed by atoms with Crippen molar-refractivity contribution in [3.63, 3.8) is 0 Å². The maximum absolute atomic E-state index is 13.3. The van der Waals surface area contributed by atoms with E-state index in [2.05, 4.69) is 17.4 Å². The normalized spacial score (nSPS) is 25.8. The van der Waals surface area contributed by atoms with Gasteiger partial charge in [0.15, 0.2) is 0 Å². The summed E-state index contributed by atoms with van der Waals surface area (Å²) in [6.07, 6.45) is 6.41. The predicted octanol–water partition coefficient (Wildman–Crippen LogP) is 5.84. The number of esters is 1. The molecule has 1 saturated carbocycles. The molecule has 2 aromatic rings. The van der Waals surface area contributed by atoms with Crippen LogP contribution >= 0.6 is 11.3 Å². The average Bonchev–Trinajstić information content (AvgIpc) is 3.59. The zero-order valence-corrected chi connectivity index (χ0v) is 21.5. The summed E-state index contributed by atoms with van der Waals surface area (Å²) in [5, 5.41) is 14.8. The molecule has 3 heterocycles. The van der Waals surface area contributed by atoms with E-state index in [4.69, 9.17) is 9.47 Å². The number of fused-ring (bicyclic) bond motifs is 2. The van der Waals surface area contributed by atoms with Gasteiger partial charge < -0.3 is 19.9 Å². The van der Waals surface area contributed by atoms with Crippen molar-refractivity contribution in [2.45, 2.75) is 83.0 Å². The molecule has 36 heavy (non-hydrogen) atoms. The number of aliphatic carboxylic acids is 1. The Morgan fingerprint density at radius 3 is 2.31 bits per heavy atom. The van der Waals surface area contributed by atoms with Crippen molar-refractivity contribution >= 4 is 34.2 Å². The van der Waals surface area contributed by atoms with Crippen LogP contribution in [-0.4, -0.2) is 41.3 Å². The molecular formula is C28H33NO6S. The fraction of sp³-hybridized carbons (Fsp3) is 0.536. The molecule has 3 aliphatic rings. The number of ether oxygens (including phenoxy) is 2. The minimum Gasteiger partial charge on any atom is -0.481 e. The molecule has 7 nitrogen and oxygen atoms in total. The second kappa shape index (κ2) is 10.3. The highest BCUT2D eigenvalue weighted by molar-refractivity contribution is 7.15. The van der Waals surface area contributed by atoms with Crippen LogP contribution in [0.1, 0.15) is 80.6 Å². The lowest BCUT2D eigenvalue weighted by molar-refractivity contribution is -0.147. The molecule has 2 N–H and O–H groups in total. The largest absolute Gasteiger partial charge is 0.481 e. The average molecular weight is 512 g/mol. The number of hydrogen-bond donors (Lipinski definition) is 2. The monoisotopic (exact) mass is 511 g/mol. The van der Waals surface area contributed by atoms with Gasteiger partial charge in [0.2, 0.25) is 5.91 Å². The number of nitrogens with one attached hydrogen (secondary N) is 1. The summed E-state index contributed by atoms with van der Waals surface area (Å²) < 4.78 is 11.3. The minimum atomic E-state index is -1.02. The van der Waals surface area contributed by atoms with Crippen molar-refractivity contribution < 1.29 is 29.0 Å². The molecule has 2 aliphatic heterocycles. The number of hydrogen-bond acceptors (Lipinski definition) is 6. The van der Waals surface area contributed by atoms with Gasteiger partial charge in [-0.3, -0.25) is 9.59 Å². The first-order chi connectivity index (χ1) is 17.3. The summed E-state index contributed by atoms with van der Waals surface area (Å²) in [7, 11) is 0. The van der Waals surface area contributed by atoms with E-state index >= 15 is 0 Å². The van der Waals surface area contributed by atoms with Crippen molar-refractivity contribution in [2.24, 2.45) is 11.8 Å². The van der Waals surface area contributed by atoms with Crippen LogP contribution in [-0.2, 0) is 19.1 Å². The van der Waals surface area contributed by atoms with E-state index in [0.29, 0.717) is 34.9 Å². The van der Waals surface area contributed by atoms with Gasteiger partial charge in [-0.15, -0.1) is 11.3 Å². The highest BCUT2D eigenvalue weighted by atomic mass is 32.1. The molecule has 5 rings (SSSR count). The second-order valence-corrected chi connectivity index (χ2v) is 11.3. The first kappa shape index (κ1) is 25.0. The van der Waals surface area contributed by atoms with E-state index in [1.165, 1.54) is 49.0 Å². The third-order valence-electron chi connectivity index (χ3n) is 7.73. The van der Waals surface area contributed by atoms with E-state index in [1.54, 1.807) is 13.8 Å². The highest BCUT2D eigenvalue weighted by Gasteiger charge is 2.55. The molecule has 1 aromatic carbocycles. The van der Waals surface area contributed by atoms with E-state index in [-0.39, 0.29) is 6.10 Å². The van der Waals surface area contributed by atoms with Gasteiger partial charge in [0.05, 0.1) is 30.1 Å². The summed E-state index contributed by atoms with van der Waals surface area (Å²) in [6.45, 7) is 3.57. The Labute approximate surface area is 215 Å². The van der Waals surface area contributed by atoms with Gasteiger partial charge in [-0.05, 0) is 56.6 Å². The predicted molar refractivity (Wildman–Crippen MR) is 137 cm³/mol. The Hall–Kier alpha value is -2.71. The Morgan fingerprint density at radius 1 is 1.00 bits per heavy atom. The van der Waals surface area contributed by atoms with Crippen LogP contribution in [0.3, 0.4) is 0 Å². The molecule has 3 fully saturated rings. The van der Waals surface area contributed by atoms with Crippen molar-refractivity contribution in [1.82, 2.24) is 0 Å². The van der Waals surface area contributed by atoms with Gasteiger partial charge in [-0.1, -0.05) is 43.5 Å². The molecule has 0 radical (unpaired) electrons. The fourth-order valence-electron chi connectivity index (χ4n) is 6.03. The van der Waals surface area contributed by atoms with Gasteiger partial charge in [0.1, 0.15) is 10.6 Å². The van der Waals surface area contributed by atoms with E-state index in [0.717, 1.165) is 5.56 Å². The van der Waals surface area contributed by atoms with Crippen molar-refractivity contribution in [3.05, 3.63) is 40.8 Å².